The van der Waals surface area contributed by atoms with Crippen LogP contribution in [0.15, 0.2) is 80.7 Å². The predicted molar refractivity (Wildman–Crippen MR) is 142 cm³/mol. The van der Waals surface area contributed by atoms with Crippen LogP contribution < -0.4 is 14.9 Å². The Hall–Kier alpha value is -3.36. The van der Waals surface area contributed by atoms with Crippen molar-refractivity contribution in [1.29, 1.82) is 0 Å². The van der Waals surface area contributed by atoms with Crippen LogP contribution in [0.1, 0.15) is 37.9 Å². The van der Waals surface area contributed by atoms with Crippen LogP contribution >= 0.6 is 23.1 Å². The highest BCUT2D eigenvalue weighted by Gasteiger charge is 2.33. The lowest BCUT2D eigenvalue weighted by Crippen LogP contribution is -2.40. The largest absolute Gasteiger partial charge is 0.459 e. The van der Waals surface area contributed by atoms with Gasteiger partial charge in [-0.25, -0.2) is 9.79 Å². The van der Waals surface area contributed by atoms with Crippen molar-refractivity contribution in [1.82, 2.24) is 9.55 Å². The lowest BCUT2D eigenvalue weighted by molar-refractivity contribution is -0.143. The van der Waals surface area contributed by atoms with E-state index < -0.39 is 12.0 Å². The van der Waals surface area contributed by atoms with Crippen molar-refractivity contribution in [2.75, 3.05) is 6.26 Å². The van der Waals surface area contributed by atoms with Crippen molar-refractivity contribution in [3.63, 3.8) is 0 Å². The maximum atomic E-state index is 13.8. The van der Waals surface area contributed by atoms with Gasteiger partial charge in [0.05, 0.1) is 27.9 Å². The summed E-state index contributed by atoms with van der Waals surface area (Å²) in [6, 6.07) is 15.3. The first-order chi connectivity index (χ1) is 16.9. The van der Waals surface area contributed by atoms with E-state index in [0.29, 0.717) is 20.6 Å². The van der Waals surface area contributed by atoms with E-state index in [2.05, 4.69) is 9.98 Å². The summed E-state index contributed by atoms with van der Waals surface area (Å²) in [6.45, 7) is 5.43. The fraction of sp³-hybridized carbons (Fsp3) is 0.222. The van der Waals surface area contributed by atoms with Gasteiger partial charge in [-0.1, -0.05) is 41.7 Å². The number of benzene rings is 2. The van der Waals surface area contributed by atoms with E-state index in [4.69, 9.17) is 4.74 Å². The lowest BCUT2D eigenvalue weighted by Gasteiger charge is -2.25. The van der Waals surface area contributed by atoms with Crippen LogP contribution in [0, 0.1) is 0 Å². The summed E-state index contributed by atoms with van der Waals surface area (Å²) >= 11 is 2.97. The quantitative estimate of drug-likeness (QED) is 0.324. The second-order valence-corrected chi connectivity index (χ2v) is 10.5. The fourth-order valence-electron chi connectivity index (χ4n) is 4.32. The second kappa shape index (κ2) is 9.36. The number of thiazole rings is 1. The van der Waals surface area contributed by atoms with Gasteiger partial charge >= 0.3 is 5.97 Å². The topological polar surface area (TPSA) is 76.4 Å². The van der Waals surface area contributed by atoms with Crippen molar-refractivity contribution < 1.29 is 9.53 Å². The van der Waals surface area contributed by atoms with Gasteiger partial charge in [0.1, 0.15) is 0 Å². The third kappa shape index (κ3) is 4.28. The molecule has 0 aliphatic carbocycles. The molecule has 0 saturated carbocycles. The second-order valence-electron chi connectivity index (χ2n) is 8.60. The molecule has 1 atom stereocenters. The van der Waals surface area contributed by atoms with Crippen LogP contribution in [-0.4, -0.2) is 27.9 Å². The third-order valence-electron chi connectivity index (χ3n) is 5.92. The normalized spacial score (nSPS) is 16.0. The Kier molecular flexibility index (Phi) is 6.25. The van der Waals surface area contributed by atoms with Crippen LogP contribution in [0.2, 0.25) is 0 Å². The molecule has 35 heavy (non-hydrogen) atoms. The molecule has 0 spiro atoms. The Bertz CT molecular complexity index is 1640. The van der Waals surface area contributed by atoms with E-state index in [0.717, 1.165) is 26.9 Å². The van der Waals surface area contributed by atoms with Crippen LogP contribution in [0.5, 0.6) is 0 Å². The molecular formula is C27H25N3O3S2. The summed E-state index contributed by atoms with van der Waals surface area (Å²) in [5.74, 6) is -0.453. The molecule has 8 heteroatoms. The smallest absolute Gasteiger partial charge is 0.338 e. The zero-order valence-corrected chi connectivity index (χ0v) is 21.5. The van der Waals surface area contributed by atoms with E-state index in [1.54, 1.807) is 23.3 Å². The zero-order valence-electron chi connectivity index (χ0n) is 19.9. The maximum Gasteiger partial charge on any atom is 0.338 e. The fourth-order valence-corrected chi connectivity index (χ4v) is 5.76. The highest BCUT2D eigenvalue weighted by molar-refractivity contribution is 7.98. The molecule has 0 fully saturated rings. The molecule has 6 nitrogen and oxygen atoms in total. The van der Waals surface area contributed by atoms with Crippen LogP contribution in [0.3, 0.4) is 0 Å². The summed E-state index contributed by atoms with van der Waals surface area (Å²) in [5.41, 5.74) is 3.55. The van der Waals surface area contributed by atoms with Crippen LogP contribution in [0.25, 0.3) is 17.0 Å². The first kappa shape index (κ1) is 23.4. The van der Waals surface area contributed by atoms with Gasteiger partial charge in [-0.05, 0) is 56.9 Å². The Morgan fingerprint density at radius 1 is 1.20 bits per heavy atom. The molecule has 0 amide bonds. The van der Waals surface area contributed by atoms with Gasteiger partial charge in [0.2, 0.25) is 0 Å². The van der Waals surface area contributed by atoms with Gasteiger partial charge < -0.3 is 9.72 Å². The van der Waals surface area contributed by atoms with Gasteiger partial charge in [0.25, 0.3) is 5.56 Å². The van der Waals surface area contributed by atoms with Gasteiger partial charge in [-0.15, -0.1) is 11.8 Å². The lowest BCUT2D eigenvalue weighted by atomic mass is 9.96. The molecule has 1 N–H and O–H groups in total. The summed E-state index contributed by atoms with van der Waals surface area (Å²) in [5, 5.41) is 1.04. The van der Waals surface area contributed by atoms with E-state index in [-0.39, 0.29) is 11.7 Å². The minimum absolute atomic E-state index is 0.180. The molecule has 178 valence electrons. The number of carbonyl (C=O) groups excluding carboxylic acids is 1. The summed E-state index contributed by atoms with van der Waals surface area (Å²) in [7, 11) is 0. The molecule has 0 bridgehead atoms. The number of H-pyrrole nitrogens is 1. The van der Waals surface area contributed by atoms with Gasteiger partial charge in [-0.3, -0.25) is 9.36 Å². The van der Waals surface area contributed by atoms with Crippen molar-refractivity contribution in [3.05, 3.63) is 96.8 Å². The molecule has 1 aliphatic rings. The first-order valence-electron chi connectivity index (χ1n) is 11.3. The highest BCUT2D eigenvalue weighted by atomic mass is 32.2. The number of thioether (sulfide) groups is 1. The van der Waals surface area contributed by atoms with Crippen molar-refractivity contribution in [2.45, 2.75) is 37.8 Å². The SMILES string of the molecule is CSc1ccc([C@H]2C(C(=O)OC(C)C)=C(C)N=c3s/c(=C\c4c[nH]c5ccccc45)c(=O)n32)cc1. The van der Waals surface area contributed by atoms with Crippen molar-refractivity contribution in [3.8, 4) is 0 Å². The molecular weight excluding hydrogens is 478 g/mol. The van der Waals surface area contributed by atoms with Crippen molar-refractivity contribution in [2.24, 2.45) is 4.99 Å². The summed E-state index contributed by atoms with van der Waals surface area (Å²) in [4.78, 5) is 36.6. The number of fused-ring (bicyclic) bond motifs is 2. The third-order valence-corrected chi connectivity index (χ3v) is 7.65. The van der Waals surface area contributed by atoms with Gasteiger partial charge in [0.15, 0.2) is 4.80 Å². The minimum Gasteiger partial charge on any atom is -0.459 e. The number of nitrogens with zero attached hydrogens (tertiary/aromatic N) is 2. The van der Waals surface area contributed by atoms with Gasteiger partial charge in [-0.2, -0.15) is 0 Å². The average molecular weight is 504 g/mol. The summed E-state index contributed by atoms with van der Waals surface area (Å²) in [6.07, 6.45) is 5.52. The minimum atomic E-state index is -0.612. The van der Waals surface area contributed by atoms with Crippen LogP contribution in [0.4, 0.5) is 0 Å². The van der Waals surface area contributed by atoms with E-state index in [1.807, 2.05) is 80.9 Å². The number of allylic oxidation sites excluding steroid dienone is 1. The molecule has 0 radical (unpaired) electrons. The molecule has 5 rings (SSSR count). The Morgan fingerprint density at radius 2 is 1.94 bits per heavy atom. The molecule has 0 unspecified atom stereocenters. The average Bonchev–Trinajstić information content (AvgIpc) is 3.38. The molecule has 2 aromatic heterocycles. The number of aromatic nitrogens is 2. The van der Waals surface area contributed by atoms with E-state index in [1.165, 1.54) is 11.3 Å². The van der Waals surface area contributed by atoms with Gasteiger partial charge in [0, 0.05) is 27.6 Å². The predicted octanol–water partition coefficient (Wildman–Crippen LogP) is 4.39. The first-order valence-corrected chi connectivity index (χ1v) is 13.3. The Balaban J connectivity index is 1.72. The number of para-hydroxylation sites is 1. The number of aromatic amines is 1. The number of hydrogen-bond acceptors (Lipinski definition) is 6. The highest BCUT2D eigenvalue weighted by Crippen LogP contribution is 2.32. The van der Waals surface area contributed by atoms with E-state index in [9.17, 15) is 9.59 Å². The number of nitrogens with one attached hydrogen (secondary N) is 1. The number of esters is 1. The number of rotatable bonds is 5. The monoisotopic (exact) mass is 503 g/mol. The van der Waals surface area contributed by atoms with Crippen molar-refractivity contribution >= 4 is 46.0 Å². The number of carbonyl (C=O) groups is 1. The standard InChI is InChI=1S/C27H25N3O3S2/c1-15(2)33-26(32)23-16(3)29-27-30(24(23)17-9-11-19(34-4)12-10-17)25(31)22(35-27)13-18-14-28-21-8-6-5-7-20(18)21/h5-15,24,28H,1-4H3/b22-13-/t24-/m0/s1. The molecule has 2 aromatic carbocycles. The molecule has 4 aromatic rings. The molecule has 3 heterocycles. The maximum absolute atomic E-state index is 13.8. The zero-order chi connectivity index (χ0) is 24.7. The Labute approximate surface area is 210 Å². The van der Waals surface area contributed by atoms with E-state index >= 15 is 0 Å². The molecule has 1 aliphatic heterocycles. The number of ether oxygens (including phenoxy) is 1. The van der Waals surface area contributed by atoms with Crippen LogP contribution in [-0.2, 0) is 9.53 Å². The number of hydrogen-bond donors (Lipinski definition) is 1. The summed E-state index contributed by atoms with van der Waals surface area (Å²) < 4.78 is 7.76. The Morgan fingerprint density at radius 3 is 2.66 bits per heavy atom. The molecule has 0 saturated heterocycles.